The van der Waals surface area contributed by atoms with Gasteiger partial charge in [-0.1, -0.05) is 0 Å². The predicted octanol–water partition coefficient (Wildman–Crippen LogP) is 21.6. The Labute approximate surface area is 613 Å². The molecule has 0 radical (unpaired) electrons. The normalized spacial score (nSPS) is 16.6. The summed E-state index contributed by atoms with van der Waals surface area (Å²) in [4.78, 5) is 3.21. The number of hydrogen-bond acceptors (Lipinski definition) is 2. The summed E-state index contributed by atoms with van der Waals surface area (Å²) in [5.74, 6) is 0. The summed E-state index contributed by atoms with van der Waals surface area (Å²) in [6, 6.07) is 29.0. The molecule has 0 unspecified atom stereocenters. The SMILES string of the molecule is [2H]c1c([2H])c2c3c(c1[2H])N(c1c(-c4ccccc4)cc(C(C)(C)C)cc1-c1ccccc1)c1c([2H])c(-n4c5[se]c6c([2H])c([2H])c([2H])c([2H])c6c5c5c([2H])c([2H])c([2H])c([2H])c54)c([2H])c([2H])c1B3c1c([2H])c([2H])c(-n3c4[se]c5c([2H])c([2H])c([2H])c([2H])c5c4c4c([2H])c([2H])c([2H])c([2H])c43)c([2H])c1N2c1c(-c2ccccc2)cc(C(C)(C)C)cc1-c1ccccc1. The predicted molar refractivity (Wildman–Crippen MR) is 417 cm³/mol. The van der Waals surface area contributed by atoms with E-state index in [-0.39, 0.29) is 111 Å². The van der Waals surface area contributed by atoms with Crippen molar-refractivity contribution in [3.05, 3.63) is 308 Å². The number of anilines is 6. The molecular formula is C90H67BN4Se2. The number of hydrogen-bond donors (Lipinski definition) is 0. The second-order valence-corrected chi connectivity index (χ2v) is 30.6. The van der Waals surface area contributed by atoms with E-state index < -0.39 is 209 Å². The Hall–Kier alpha value is -10.4. The van der Waals surface area contributed by atoms with Crippen LogP contribution in [0, 0.1) is 0 Å². The van der Waals surface area contributed by atoms with Crippen LogP contribution in [0.4, 0.5) is 34.1 Å². The Morgan fingerprint density at radius 1 is 0.351 bits per heavy atom. The van der Waals surface area contributed by atoms with Gasteiger partial charge >= 0.3 is 616 Å². The first kappa shape index (κ1) is 37.8. The van der Waals surface area contributed by atoms with Crippen molar-refractivity contribution in [2.75, 3.05) is 9.80 Å². The van der Waals surface area contributed by atoms with E-state index in [1.54, 1.807) is 9.80 Å². The molecule has 13 aromatic carbocycles. The number of rotatable bonds is 8. The summed E-state index contributed by atoms with van der Waals surface area (Å²) in [6.07, 6.45) is 0. The first-order chi connectivity index (χ1) is 57.8. The van der Waals surface area contributed by atoms with Crippen molar-refractivity contribution in [3.63, 3.8) is 0 Å². The molecule has 6 heterocycles. The monoisotopic (exact) mass is 1400 g/mol. The molecule has 2 aliphatic heterocycles. The van der Waals surface area contributed by atoms with E-state index in [9.17, 15) is 28.8 Å². The third kappa shape index (κ3) is 9.03. The molecule has 0 amide bonds. The number of para-hydroxylation sites is 2. The molecule has 0 bridgehead atoms. The average molecular weight is 1400 g/mol. The molecule has 4 aromatic heterocycles. The molecule has 4 nitrogen and oxygen atoms in total. The Bertz CT molecular complexity index is 7040. The molecule has 2 aliphatic rings. The molecule has 0 atom stereocenters. The van der Waals surface area contributed by atoms with Gasteiger partial charge in [0.05, 0.1) is 0 Å². The van der Waals surface area contributed by atoms with Crippen LogP contribution in [0.25, 0.3) is 117 Å². The molecule has 0 N–H and O–H groups in total. The average Bonchev–Trinajstić information content (AvgIpc) is 1.11. The van der Waals surface area contributed by atoms with E-state index in [2.05, 4.69) is 0 Å². The van der Waals surface area contributed by atoms with E-state index >= 15 is 0 Å². The van der Waals surface area contributed by atoms with E-state index in [0.717, 1.165) is 11.1 Å². The van der Waals surface area contributed by atoms with E-state index in [4.69, 9.17) is 5.48 Å². The minimum absolute atomic E-state index is 0.0128. The van der Waals surface area contributed by atoms with Crippen LogP contribution in [0.15, 0.2) is 297 Å². The number of benzene rings is 13. The van der Waals surface area contributed by atoms with Crippen molar-refractivity contribution >= 4 is 147 Å². The Morgan fingerprint density at radius 2 is 0.691 bits per heavy atom. The third-order valence-corrected chi connectivity index (χ3v) is 23.3. The molecule has 0 saturated carbocycles. The van der Waals surface area contributed by atoms with Gasteiger partial charge in [0.1, 0.15) is 0 Å². The maximum atomic E-state index is 11.7. The van der Waals surface area contributed by atoms with Crippen LogP contribution in [0.2, 0.25) is 0 Å². The zero-order chi connectivity index (χ0) is 86.8. The van der Waals surface area contributed by atoms with Crippen molar-refractivity contribution in [1.82, 2.24) is 9.13 Å². The van der Waals surface area contributed by atoms with Gasteiger partial charge in [-0.25, -0.2) is 0 Å². The molecule has 0 spiro atoms. The minimum atomic E-state index is -1.87. The van der Waals surface area contributed by atoms with Crippen LogP contribution < -0.4 is 26.2 Å². The van der Waals surface area contributed by atoms with Gasteiger partial charge < -0.3 is 0 Å². The molecule has 7 heteroatoms. The number of nitrogens with zero attached hydrogens (tertiary/aromatic N) is 4. The fraction of sp³-hybridized carbons (Fsp3) is 0.0889. The van der Waals surface area contributed by atoms with Gasteiger partial charge in [0.25, 0.3) is 0 Å². The summed E-state index contributed by atoms with van der Waals surface area (Å²) in [5, 5.41) is -0.557. The van der Waals surface area contributed by atoms with Crippen LogP contribution in [-0.4, -0.2) is 44.9 Å². The summed E-state index contributed by atoms with van der Waals surface area (Å²) < 4.78 is 255. The Balaban J connectivity index is 1.09. The van der Waals surface area contributed by atoms with Crippen LogP contribution >= 0.6 is 0 Å². The van der Waals surface area contributed by atoms with E-state index in [1.807, 2.05) is 187 Å². The first-order valence-electron chi connectivity index (χ1n) is 44.3. The van der Waals surface area contributed by atoms with Crippen LogP contribution in [0.1, 0.15) is 86.9 Å². The van der Waals surface area contributed by atoms with Crippen molar-refractivity contribution in [2.24, 2.45) is 0 Å². The van der Waals surface area contributed by atoms with Crippen molar-refractivity contribution in [2.45, 2.75) is 52.4 Å². The van der Waals surface area contributed by atoms with Gasteiger partial charge in [0, 0.05) is 0 Å². The molecule has 0 fully saturated rings. The molecule has 462 valence electrons. The summed E-state index contributed by atoms with van der Waals surface area (Å²) in [7, 11) is 0. The Kier molecular flexibility index (Phi) is 8.61. The zero-order valence-corrected chi connectivity index (χ0v) is 56.5. The number of fused-ring (bicyclic) bond motifs is 14. The van der Waals surface area contributed by atoms with Gasteiger partial charge in [0.2, 0.25) is 0 Å². The summed E-state index contributed by atoms with van der Waals surface area (Å²) >= 11 is -2.56. The van der Waals surface area contributed by atoms with Gasteiger partial charge in [-0.15, -0.1) is 0 Å². The van der Waals surface area contributed by atoms with E-state index in [1.165, 1.54) is 9.13 Å². The fourth-order valence-corrected chi connectivity index (χ4v) is 19.0. The van der Waals surface area contributed by atoms with Crippen molar-refractivity contribution in [1.29, 1.82) is 0 Å². The topological polar surface area (TPSA) is 16.3 Å². The summed E-state index contributed by atoms with van der Waals surface area (Å²) in [5.41, 5.74) is 1.64. The van der Waals surface area contributed by atoms with Crippen LogP contribution in [0.5, 0.6) is 0 Å². The number of aromatic nitrogens is 2. The van der Waals surface area contributed by atoms with Gasteiger partial charge in [-0.2, -0.15) is 0 Å². The first-order valence-corrected chi connectivity index (χ1v) is 35.2. The standard InChI is InChI=1S/C90H67BN4Se2/c1-89(2,3)60-50-68(56-28-11-7-12-29-56)85(69(51-60)57-30-13-8-14-31-57)94-76-42-27-43-77-84(76)91(72-48-46-62(54-78(72)94)92-74-40-23-19-36-64(74)82-66-38-21-25-44-80(66)96-87(82)92)73-49-47-63(93-75-41-24-20-37-65(75)83-67-39-22-26-45-81(67)97-88(83)93)55-79(73)95(77)86-70(58-32-15-9-16-33-58)52-61(90(4,5)6)53-71(86)59-34-17-10-18-35-59/h7-55H,1-6H3/i19D,20D,21D,22D,23D,24D,25D,26D,27D,36D,37D,38D,39D,40D,41D,42D,43D,44D,45D,46D,47D,48D,49D,54D,55D. The third-order valence-electron chi connectivity index (χ3n) is 18.8. The fourth-order valence-electron chi connectivity index (χ4n) is 14.2. The van der Waals surface area contributed by atoms with Gasteiger partial charge in [0.15, 0.2) is 0 Å². The van der Waals surface area contributed by atoms with Crippen molar-refractivity contribution in [3.8, 4) is 55.9 Å². The molecular weight excluding hydrogens is 1310 g/mol. The summed E-state index contributed by atoms with van der Waals surface area (Å²) in [6.45, 7) is 10.4. The van der Waals surface area contributed by atoms with Crippen LogP contribution in [-0.2, 0) is 10.8 Å². The quantitative estimate of drug-likeness (QED) is 0.141. The second kappa shape index (κ2) is 22.1. The van der Waals surface area contributed by atoms with E-state index in [0.29, 0.717) is 44.5 Å². The molecule has 19 rings (SSSR count). The van der Waals surface area contributed by atoms with Crippen molar-refractivity contribution < 1.29 is 34.3 Å². The molecule has 0 saturated heterocycles. The zero-order valence-electron chi connectivity index (χ0n) is 78.0. The van der Waals surface area contributed by atoms with Gasteiger partial charge in [-0.05, 0) is 0 Å². The molecule has 97 heavy (non-hydrogen) atoms. The second-order valence-electron chi connectivity index (χ2n) is 26.5. The van der Waals surface area contributed by atoms with Gasteiger partial charge in [-0.3, -0.25) is 0 Å². The molecule has 0 aliphatic carbocycles. The Morgan fingerprint density at radius 3 is 1.05 bits per heavy atom. The molecule has 17 aromatic rings. The maximum absolute atomic E-state index is 11.7. The van der Waals surface area contributed by atoms with Crippen LogP contribution in [0.3, 0.4) is 0 Å².